The lowest BCUT2D eigenvalue weighted by Gasteiger charge is -2.23. The van der Waals surface area contributed by atoms with E-state index in [1.165, 1.54) is 13.0 Å². The van der Waals surface area contributed by atoms with Crippen LogP contribution in [0.2, 0.25) is 0 Å². The van der Waals surface area contributed by atoms with Gasteiger partial charge in [0.2, 0.25) is 0 Å². The molecule has 0 N–H and O–H groups in total. The maximum atomic E-state index is 14.2. The third-order valence-electron chi connectivity index (χ3n) is 4.71. The molecule has 3 rings (SSSR count). The molecule has 0 spiro atoms. The molecule has 4 nitrogen and oxygen atoms in total. The Kier molecular flexibility index (Phi) is 4.77. The van der Waals surface area contributed by atoms with Gasteiger partial charge in [0.25, 0.3) is 0 Å². The zero-order valence-corrected chi connectivity index (χ0v) is 14.1. The number of hydrogen-bond acceptors (Lipinski definition) is 4. The summed E-state index contributed by atoms with van der Waals surface area (Å²) in [7, 11) is 0.851. The topological polar surface area (TPSA) is 52.1 Å². The van der Waals surface area contributed by atoms with E-state index in [-0.39, 0.29) is 34.0 Å². The fourth-order valence-electron chi connectivity index (χ4n) is 3.26. The van der Waals surface area contributed by atoms with Crippen molar-refractivity contribution < 1.29 is 22.7 Å². The fourth-order valence-corrected chi connectivity index (χ4v) is 3.26. The number of ketones is 1. The van der Waals surface area contributed by atoms with Gasteiger partial charge >= 0.3 is 6.11 Å². The van der Waals surface area contributed by atoms with Crippen molar-refractivity contribution in [2.24, 2.45) is 5.92 Å². The lowest BCUT2D eigenvalue weighted by Crippen LogP contribution is -2.26. The Morgan fingerprint density at radius 2 is 1.88 bits per heavy atom. The van der Waals surface area contributed by atoms with E-state index < -0.39 is 17.6 Å². The first kappa shape index (κ1) is 17.8. The molecule has 1 saturated carbocycles. The van der Waals surface area contributed by atoms with Crippen LogP contribution in [0.4, 0.5) is 13.2 Å². The molecule has 1 aliphatic rings. The summed E-state index contributed by atoms with van der Waals surface area (Å²) in [6.07, 6.45) is 0.420. The van der Waals surface area contributed by atoms with Crippen LogP contribution in [0.25, 0.3) is 11.0 Å². The average molecular weight is 352 g/mol. The number of hydrogen-bond donors (Lipinski definition) is 0. The number of pyridine rings is 2. The number of ether oxygens (including phenoxy) is 1. The normalized spacial score (nSPS) is 16.4. The van der Waals surface area contributed by atoms with Crippen LogP contribution in [0.1, 0.15) is 53.8 Å². The van der Waals surface area contributed by atoms with Crippen LogP contribution in [-0.2, 0) is 10.8 Å². The number of alkyl halides is 2. The van der Waals surface area contributed by atoms with Gasteiger partial charge < -0.3 is 4.74 Å². The van der Waals surface area contributed by atoms with E-state index in [2.05, 4.69) is 14.7 Å². The van der Waals surface area contributed by atoms with Gasteiger partial charge in [-0.1, -0.05) is 19.3 Å². The highest BCUT2D eigenvalue weighted by atomic mass is 19.3. The number of fused-ring (bicyclic) bond motifs is 1. The highest BCUT2D eigenvalue weighted by molar-refractivity contribution is 6.01. The molecule has 1 fully saturated rings. The third-order valence-corrected chi connectivity index (χ3v) is 4.71. The number of Topliss-reactive ketones (excluding diaryl/α,β-unsaturated/α-hetero) is 1. The van der Waals surface area contributed by atoms with Crippen molar-refractivity contribution in [3.05, 3.63) is 34.9 Å². The van der Waals surface area contributed by atoms with Gasteiger partial charge in [-0.2, -0.15) is 8.78 Å². The number of aryl methyl sites for hydroxylation is 1. The molecule has 0 bridgehead atoms. The molecule has 0 atom stereocenters. The summed E-state index contributed by atoms with van der Waals surface area (Å²) in [6, 6.07) is 2.42. The van der Waals surface area contributed by atoms with Crippen LogP contribution in [0.15, 0.2) is 12.1 Å². The molecule has 0 aliphatic heterocycles. The van der Waals surface area contributed by atoms with Crippen LogP contribution in [0.3, 0.4) is 0 Å². The molecule has 2 aromatic rings. The maximum Gasteiger partial charge on any atom is 0.400 e. The largest absolute Gasteiger partial charge is 0.400 e. The first-order valence-corrected chi connectivity index (χ1v) is 8.29. The van der Waals surface area contributed by atoms with E-state index in [1.807, 2.05) is 0 Å². The summed E-state index contributed by atoms with van der Waals surface area (Å²) in [6.45, 7) is 1.42. The van der Waals surface area contributed by atoms with Gasteiger partial charge in [0.1, 0.15) is 5.82 Å². The average Bonchev–Trinajstić information content (AvgIpc) is 2.62. The second kappa shape index (κ2) is 6.71. The number of carbonyl (C=O) groups excluding carboxylic acids is 1. The van der Waals surface area contributed by atoms with Crippen LogP contribution < -0.4 is 0 Å². The Bertz CT molecular complexity index is 818. The van der Waals surface area contributed by atoms with Crippen LogP contribution >= 0.6 is 0 Å². The maximum absolute atomic E-state index is 14.2. The van der Waals surface area contributed by atoms with E-state index in [0.717, 1.165) is 32.4 Å². The smallest absolute Gasteiger partial charge is 0.319 e. The van der Waals surface area contributed by atoms with Crippen molar-refractivity contribution in [3.8, 4) is 0 Å². The minimum atomic E-state index is -3.72. The van der Waals surface area contributed by atoms with E-state index in [1.54, 1.807) is 0 Å². The predicted octanol–water partition coefficient (Wildman–Crippen LogP) is 4.54. The summed E-state index contributed by atoms with van der Waals surface area (Å²) in [5.74, 6) is -1.28. The van der Waals surface area contributed by atoms with Crippen molar-refractivity contribution in [1.29, 1.82) is 0 Å². The van der Waals surface area contributed by atoms with Crippen molar-refractivity contribution in [1.82, 2.24) is 9.97 Å². The van der Waals surface area contributed by atoms with Crippen LogP contribution in [0, 0.1) is 18.7 Å². The number of rotatable bonds is 4. The van der Waals surface area contributed by atoms with Crippen molar-refractivity contribution in [2.75, 3.05) is 7.11 Å². The van der Waals surface area contributed by atoms with Gasteiger partial charge in [-0.25, -0.2) is 14.4 Å². The number of nitrogens with zero attached hydrogens (tertiary/aromatic N) is 2. The Morgan fingerprint density at radius 3 is 2.52 bits per heavy atom. The number of carbonyl (C=O) groups is 1. The molecular formula is C18H19F3N2O2. The van der Waals surface area contributed by atoms with Crippen LogP contribution in [-0.4, -0.2) is 22.9 Å². The van der Waals surface area contributed by atoms with E-state index in [9.17, 15) is 18.0 Å². The van der Waals surface area contributed by atoms with Crippen molar-refractivity contribution >= 4 is 16.8 Å². The Labute approximate surface area is 143 Å². The molecule has 2 heterocycles. The summed E-state index contributed by atoms with van der Waals surface area (Å²) in [5, 5.41) is 0.220. The Morgan fingerprint density at radius 1 is 1.20 bits per heavy atom. The Hall–Kier alpha value is -2.02. The molecule has 0 unspecified atom stereocenters. The first-order chi connectivity index (χ1) is 11.8. The molecular weight excluding hydrogens is 333 g/mol. The van der Waals surface area contributed by atoms with Gasteiger partial charge in [-0.05, 0) is 31.9 Å². The van der Waals surface area contributed by atoms with Crippen LogP contribution in [0.5, 0.6) is 0 Å². The summed E-state index contributed by atoms with van der Waals surface area (Å²) in [4.78, 5) is 20.6. The molecule has 0 saturated heterocycles. The highest BCUT2D eigenvalue weighted by Gasteiger charge is 2.39. The number of halogens is 3. The van der Waals surface area contributed by atoms with Gasteiger partial charge in [0, 0.05) is 24.0 Å². The second-order valence-corrected chi connectivity index (χ2v) is 6.41. The lowest BCUT2D eigenvalue weighted by molar-refractivity contribution is -0.234. The van der Waals surface area contributed by atoms with E-state index in [4.69, 9.17) is 0 Å². The molecule has 0 radical (unpaired) electrons. The Balaban J connectivity index is 2.18. The van der Waals surface area contributed by atoms with Crippen molar-refractivity contribution in [2.45, 2.75) is 45.1 Å². The minimum Gasteiger partial charge on any atom is -0.319 e. The monoisotopic (exact) mass is 352 g/mol. The second-order valence-electron chi connectivity index (χ2n) is 6.41. The predicted molar refractivity (Wildman–Crippen MR) is 86.0 cm³/mol. The molecule has 0 aromatic carbocycles. The SMILES string of the molecule is COC(F)(F)c1nc2nc(C)c(F)cc2cc1C(=O)C1CCCCC1. The van der Waals surface area contributed by atoms with E-state index >= 15 is 0 Å². The molecule has 2 aromatic heterocycles. The van der Waals surface area contributed by atoms with Gasteiger partial charge in [0.05, 0.1) is 5.69 Å². The summed E-state index contributed by atoms with van der Waals surface area (Å²) < 4.78 is 46.5. The van der Waals surface area contributed by atoms with Crippen molar-refractivity contribution in [3.63, 3.8) is 0 Å². The van der Waals surface area contributed by atoms with Gasteiger partial charge in [-0.3, -0.25) is 4.79 Å². The quantitative estimate of drug-likeness (QED) is 0.758. The first-order valence-electron chi connectivity index (χ1n) is 8.29. The van der Waals surface area contributed by atoms with E-state index in [0.29, 0.717) is 12.8 Å². The molecule has 7 heteroatoms. The minimum absolute atomic E-state index is 0.0363. The standard InChI is InChI=1S/C18H19F3N2O2/c1-10-14(19)9-12-8-13(15(24)11-6-4-3-5-7-11)16(18(20,21)25-2)23-17(12)22-10/h8-9,11H,3-7H2,1-2H3. The van der Waals surface area contributed by atoms with Gasteiger partial charge in [-0.15, -0.1) is 0 Å². The lowest BCUT2D eigenvalue weighted by atomic mass is 9.83. The third kappa shape index (κ3) is 3.38. The molecule has 1 aliphatic carbocycles. The zero-order valence-electron chi connectivity index (χ0n) is 14.1. The van der Waals surface area contributed by atoms with Gasteiger partial charge in [0.15, 0.2) is 17.1 Å². The fraction of sp³-hybridized carbons (Fsp3) is 0.500. The zero-order chi connectivity index (χ0) is 18.2. The number of methoxy groups -OCH3 is 1. The molecule has 134 valence electrons. The molecule has 0 amide bonds. The summed E-state index contributed by atoms with van der Waals surface area (Å²) in [5.41, 5.74) is -0.947. The summed E-state index contributed by atoms with van der Waals surface area (Å²) >= 11 is 0. The highest BCUT2D eigenvalue weighted by Crippen LogP contribution is 2.35. The molecule has 25 heavy (non-hydrogen) atoms. The number of aromatic nitrogens is 2.